The van der Waals surface area contributed by atoms with Crippen molar-refractivity contribution in [3.8, 4) is 35.0 Å². The summed E-state index contributed by atoms with van der Waals surface area (Å²) in [6, 6.07) is 9.61. The zero-order valence-electron chi connectivity index (χ0n) is 31.4. The van der Waals surface area contributed by atoms with Crippen LogP contribution in [0.3, 0.4) is 0 Å². The van der Waals surface area contributed by atoms with Gasteiger partial charge in [0.15, 0.2) is 29.0 Å². The summed E-state index contributed by atoms with van der Waals surface area (Å²) in [6.45, 7) is 1.41. The van der Waals surface area contributed by atoms with E-state index in [-0.39, 0.29) is 17.5 Å². The van der Waals surface area contributed by atoms with Gasteiger partial charge in [-0.15, -0.1) is 0 Å². The first-order valence-corrected chi connectivity index (χ1v) is 21.2. The number of phenolic OH excluding ortho intramolecular Hbond substituents is 1. The van der Waals surface area contributed by atoms with Crippen LogP contribution in [0.25, 0.3) is 0 Å². The average molecular weight is 763 g/mol. The molecule has 0 radical (unpaired) electrons. The second-order valence-electron chi connectivity index (χ2n) is 14.7. The number of allylic oxidation sites excluding steroid dienone is 2. The number of fused-ring (bicyclic) bond motifs is 7. The number of anilines is 1. The summed E-state index contributed by atoms with van der Waals surface area (Å²) < 4.78 is 24.2. The van der Waals surface area contributed by atoms with Gasteiger partial charge < -0.3 is 40.0 Å². The van der Waals surface area contributed by atoms with E-state index in [4.69, 9.17) is 18.9 Å². The van der Waals surface area contributed by atoms with Crippen LogP contribution in [0, 0.1) is 35.2 Å². The summed E-state index contributed by atoms with van der Waals surface area (Å²) in [6.07, 6.45) is 15.2. The van der Waals surface area contributed by atoms with Gasteiger partial charge in [0.1, 0.15) is 11.7 Å². The van der Waals surface area contributed by atoms with Crippen LogP contribution in [0.1, 0.15) is 62.5 Å². The zero-order chi connectivity index (χ0) is 37.3. The fourth-order valence-corrected chi connectivity index (χ4v) is 11.0. The summed E-state index contributed by atoms with van der Waals surface area (Å²) in [5.41, 5.74) is 1.83. The van der Waals surface area contributed by atoms with Gasteiger partial charge in [0.25, 0.3) is 0 Å². The quantitative estimate of drug-likeness (QED) is 0.165. The molecule has 4 bridgehead atoms. The maximum atomic E-state index is 14.4. The summed E-state index contributed by atoms with van der Waals surface area (Å²) in [4.78, 5) is 18.9. The topological polar surface area (TPSA) is 123 Å². The first kappa shape index (κ1) is 39.2. The number of benzene rings is 2. The maximum Gasteiger partial charge on any atom is 0.205 e. The van der Waals surface area contributed by atoms with Crippen molar-refractivity contribution in [3.63, 3.8) is 0 Å². The van der Waals surface area contributed by atoms with E-state index in [2.05, 4.69) is 45.1 Å². The molecule has 6 rings (SSSR count). The predicted octanol–water partition coefficient (Wildman–Crippen LogP) is 6.97. The summed E-state index contributed by atoms with van der Waals surface area (Å²) in [7, 11) is 10.6. The van der Waals surface area contributed by atoms with Gasteiger partial charge in [0.05, 0.1) is 18.7 Å². The van der Waals surface area contributed by atoms with E-state index < -0.39 is 11.0 Å². The molecule has 2 aromatic rings. The van der Waals surface area contributed by atoms with Crippen LogP contribution in [-0.4, -0.2) is 75.5 Å². The molecule has 0 aromatic heterocycles. The molecular weight excluding hydrogens is 709 g/mol. The number of guanidine groups is 1. The van der Waals surface area contributed by atoms with Crippen LogP contribution in [0.4, 0.5) is 5.69 Å². The number of ether oxygens (including phenoxy) is 4. The van der Waals surface area contributed by atoms with Gasteiger partial charge >= 0.3 is 0 Å². The molecule has 4 aliphatic rings. The molecular formula is C41H54N4O6S2. The molecule has 53 heavy (non-hydrogen) atoms. The number of rotatable bonds is 8. The van der Waals surface area contributed by atoms with Crippen molar-refractivity contribution in [3.05, 3.63) is 53.6 Å². The van der Waals surface area contributed by atoms with Gasteiger partial charge in [-0.05, 0) is 118 Å². The van der Waals surface area contributed by atoms with Crippen molar-refractivity contribution in [1.29, 1.82) is 0 Å². The monoisotopic (exact) mass is 762 g/mol. The summed E-state index contributed by atoms with van der Waals surface area (Å²) in [5, 5.41) is 20.6. The molecule has 286 valence electrons. The van der Waals surface area contributed by atoms with Crippen molar-refractivity contribution in [2.75, 3.05) is 58.4 Å². The van der Waals surface area contributed by atoms with Crippen molar-refractivity contribution >= 4 is 39.0 Å². The number of aliphatic imine (C=N–C) groups is 1. The van der Waals surface area contributed by atoms with Gasteiger partial charge in [-0.2, -0.15) is 0 Å². The van der Waals surface area contributed by atoms with Crippen molar-refractivity contribution in [2.24, 2.45) is 28.2 Å². The molecule has 5 unspecified atom stereocenters. The minimum atomic E-state index is -0.522. The minimum absolute atomic E-state index is 0.101. The smallest absolute Gasteiger partial charge is 0.205 e. The van der Waals surface area contributed by atoms with Crippen LogP contribution in [0.15, 0.2) is 47.5 Å². The molecule has 2 aromatic carbocycles. The van der Waals surface area contributed by atoms with E-state index in [1.165, 1.54) is 0 Å². The van der Waals surface area contributed by atoms with Gasteiger partial charge in [0, 0.05) is 44.9 Å². The highest BCUT2D eigenvalue weighted by Gasteiger charge is 2.48. The first-order chi connectivity index (χ1) is 25.8. The standard InChI is InChI=1S/C41H54N4O6S2/c1-42-26-40-23-30(31(24-40)15-18-48-3)10-8-17-50-38-33-19-28(20-36(38)51-40)9-5-6-12-37(47)41(22-29-13-14-34(46)35(21-29)49-4)16-7-11-32(41)25-52-53-27-44-39(43-2)45-33/h6,12-14,19-21,30-32,42,46H,5,7,9-11,15-16,18,22-27H2,1-4H3,(H2,43,44,45). The molecule has 2 heterocycles. The molecule has 0 spiro atoms. The molecule has 2 fully saturated rings. The number of ketones is 1. The summed E-state index contributed by atoms with van der Waals surface area (Å²) >= 11 is 0. The fourth-order valence-electron chi connectivity index (χ4n) is 8.79. The van der Waals surface area contributed by atoms with Gasteiger partial charge in [-0.25, -0.2) is 0 Å². The second kappa shape index (κ2) is 18.2. The number of aryl methyl sites for hydroxylation is 1. The third-order valence-corrected chi connectivity index (χ3v) is 13.6. The van der Waals surface area contributed by atoms with Gasteiger partial charge in [-0.1, -0.05) is 46.1 Å². The van der Waals surface area contributed by atoms with E-state index in [9.17, 15) is 9.90 Å². The second-order valence-corrected chi connectivity index (χ2v) is 17.2. The van der Waals surface area contributed by atoms with E-state index in [0.717, 1.165) is 67.5 Å². The molecule has 0 amide bonds. The number of phenols is 1. The number of carbonyl (C=O) groups excluding carboxylic acids is 1. The lowest BCUT2D eigenvalue weighted by molar-refractivity contribution is -0.125. The third kappa shape index (κ3) is 9.25. The van der Waals surface area contributed by atoms with Crippen molar-refractivity contribution in [2.45, 2.75) is 69.8 Å². The van der Waals surface area contributed by atoms with Gasteiger partial charge in [-0.3, -0.25) is 9.79 Å². The number of methoxy groups -OCH3 is 2. The predicted molar refractivity (Wildman–Crippen MR) is 215 cm³/mol. The van der Waals surface area contributed by atoms with Crippen molar-refractivity contribution < 1.29 is 28.8 Å². The lowest BCUT2D eigenvalue weighted by Crippen LogP contribution is -2.43. The number of nitrogens with one attached hydrogen (secondary N) is 3. The Morgan fingerprint density at radius 3 is 2.89 bits per heavy atom. The summed E-state index contributed by atoms with van der Waals surface area (Å²) in [5.74, 6) is 8.35. The molecule has 0 saturated heterocycles. The molecule has 5 atom stereocenters. The third-order valence-electron chi connectivity index (χ3n) is 11.4. The Balaban J connectivity index is 1.32. The largest absolute Gasteiger partial charge is 0.504 e. The van der Waals surface area contributed by atoms with E-state index in [0.29, 0.717) is 73.3 Å². The fraction of sp³-hybridized carbons (Fsp3) is 0.561. The normalized spacial score (nSPS) is 28.2. The lowest BCUT2D eigenvalue weighted by Gasteiger charge is -2.33. The Kier molecular flexibility index (Phi) is 13.5. The number of carbonyl (C=O) groups is 1. The Morgan fingerprint density at radius 1 is 1.19 bits per heavy atom. The Labute approximate surface area is 322 Å². The minimum Gasteiger partial charge on any atom is -0.504 e. The molecule has 12 heteroatoms. The molecule has 2 aliphatic heterocycles. The van der Waals surface area contributed by atoms with E-state index in [1.807, 2.05) is 31.3 Å². The van der Waals surface area contributed by atoms with Crippen LogP contribution >= 0.6 is 21.6 Å². The Morgan fingerprint density at radius 2 is 2.08 bits per heavy atom. The highest BCUT2D eigenvalue weighted by atomic mass is 33.1. The Hall–Kier alpha value is -3.50. The number of hydrogen-bond acceptors (Lipinski definition) is 10. The van der Waals surface area contributed by atoms with Crippen LogP contribution in [-0.2, 0) is 22.4 Å². The highest BCUT2D eigenvalue weighted by molar-refractivity contribution is 8.76. The first-order valence-electron chi connectivity index (χ1n) is 18.7. The van der Waals surface area contributed by atoms with E-state index >= 15 is 0 Å². The number of nitrogens with zero attached hydrogens (tertiary/aromatic N) is 1. The van der Waals surface area contributed by atoms with Crippen molar-refractivity contribution in [1.82, 2.24) is 10.6 Å². The zero-order valence-corrected chi connectivity index (χ0v) is 33.1. The van der Waals surface area contributed by atoms with E-state index in [1.54, 1.807) is 48.9 Å². The maximum absolute atomic E-state index is 14.4. The van der Waals surface area contributed by atoms with Gasteiger partial charge in [0.2, 0.25) is 5.75 Å². The van der Waals surface area contributed by atoms with Crippen LogP contribution < -0.4 is 30.2 Å². The SMILES string of the molecule is CN=C1NCSSCC2CCCC2(Cc2ccc(O)c(OC)c2)C(=O)C=CCCc2cc(c3c(c2)OC2(CNC)CC(CC#CO3)C(CCOC)C2)N1. The lowest BCUT2D eigenvalue weighted by atomic mass is 9.70. The molecule has 2 aliphatic carbocycles. The average Bonchev–Trinajstić information content (AvgIpc) is 3.71. The Bertz CT molecular complexity index is 1730. The van der Waals surface area contributed by atoms with Crippen LogP contribution in [0.2, 0.25) is 0 Å². The number of likely N-dealkylation sites (N-methyl/N-ethyl adjacent to an activating group) is 1. The van der Waals surface area contributed by atoms with Crippen LogP contribution in [0.5, 0.6) is 23.0 Å². The molecule has 4 N–H and O–H groups in total. The molecule has 2 saturated carbocycles. The number of aromatic hydroxyl groups is 1. The number of hydrogen-bond donors (Lipinski definition) is 4. The molecule has 10 nitrogen and oxygen atoms in total. The highest BCUT2D eigenvalue weighted by Crippen LogP contribution is 2.51.